The van der Waals surface area contributed by atoms with Crippen LogP contribution in [0.3, 0.4) is 0 Å². The van der Waals surface area contributed by atoms with E-state index in [2.05, 4.69) is 32.4 Å². The SMILES string of the molecule is C[C-](C)C.[CH2-]COC.[U+2]. The zero-order valence-electron chi connectivity index (χ0n) is 6.82. The first kappa shape index (κ1) is 16.5. The molecule has 0 saturated carbocycles. The van der Waals surface area contributed by atoms with Crippen molar-refractivity contribution < 1.29 is 35.9 Å². The van der Waals surface area contributed by atoms with Crippen molar-refractivity contribution >= 4 is 0 Å². The molecule has 0 unspecified atom stereocenters. The summed E-state index contributed by atoms with van der Waals surface area (Å²) in [5.41, 5.74) is 0. The zero-order chi connectivity index (χ0) is 6.99. The molecule has 9 heavy (non-hydrogen) atoms. The molecule has 0 heterocycles. The Bertz CT molecular complexity index is 25.3. The van der Waals surface area contributed by atoms with Gasteiger partial charge in [-0.3, -0.25) is 0 Å². The molecule has 0 aliphatic rings. The van der Waals surface area contributed by atoms with Crippen LogP contribution < -0.4 is 0 Å². The van der Waals surface area contributed by atoms with Crippen LogP contribution >= 0.6 is 0 Å². The van der Waals surface area contributed by atoms with E-state index in [4.69, 9.17) is 0 Å². The number of hydrogen-bond donors (Lipinski definition) is 0. The molecule has 54 valence electrons. The minimum Gasteiger partial charge on any atom is -0.417 e. The topological polar surface area (TPSA) is 9.23 Å². The van der Waals surface area contributed by atoms with Crippen molar-refractivity contribution in [1.29, 1.82) is 0 Å². The predicted octanol–water partition coefficient (Wildman–Crippen LogP) is 2.09. The third-order valence-corrected chi connectivity index (χ3v) is 0.204. The van der Waals surface area contributed by atoms with Gasteiger partial charge in [-0.15, -0.1) is 0 Å². The van der Waals surface area contributed by atoms with Gasteiger partial charge in [0, 0.05) is 7.11 Å². The van der Waals surface area contributed by atoms with E-state index in [1.807, 2.05) is 0 Å². The van der Waals surface area contributed by atoms with E-state index in [0.29, 0.717) is 6.61 Å². The Hall–Kier alpha value is 1.01. The van der Waals surface area contributed by atoms with Crippen LogP contribution in [0.5, 0.6) is 0 Å². The number of ether oxygens (including phenoxy) is 1. The van der Waals surface area contributed by atoms with Crippen molar-refractivity contribution in [1.82, 2.24) is 0 Å². The second-order valence-electron chi connectivity index (χ2n) is 1.99. The molecule has 0 amide bonds. The molecule has 0 saturated heterocycles. The molecule has 0 radical (unpaired) electrons. The summed E-state index contributed by atoms with van der Waals surface area (Å²) < 4.78 is 4.43. The van der Waals surface area contributed by atoms with Crippen molar-refractivity contribution in [3.8, 4) is 0 Å². The minimum absolute atomic E-state index is 0. The Kier molecular flexibility index (Phi) is 29.4. The monoisotopic (exact) mass is 354 g/mol. The molecule has 0 aliphatic carbocycles. The number of methoxy groups -OCH3 is 1. The molecular formula is C7H16OU. The molecule has 1 nitrogen and oxygen atoms in total. The van der Waals surface area contributed by atoms with Gasteiger partial charge in [0.1, 0.15) is 0 Å². The van der Waals surface area contributed by atoms with E-state index >= 15 is 0 Å². The van der Waals surface area contributed by atoms with E-state index in [1.165, 1.54) is 5.92 Å². The average molecular weight is 354 g/mol. The number of hydrogen-bond acceptors (Lipinski definition) is 1. The molecule has 0 aromatic rings. The minimum atomic E-state index is 0. The molecule has 0 rings (SSSR count). The summed E-state index contributed by atoms with van der Waals surface area (Å²) in [7, 11) is 1.62. The van der Waals surface area contributed by atoms with Crippen LogP contribution in [0.25, 0.3) is 0 Å². The quantitative estimate of drug-likeness (QED) is 0.656. The molecule has 0 aromatic carbocycles. The van der Waals surface area contributed by atoms with Gasteiger partial charge in [0.25, 0.3) is 0 Å². The maximum Gasteiger partial charge on any atom is 2.00 e. The first-order valence-corrected chi connectivity index (χ1v) is 2.70. The average Bonchev–Trinajstić information content (AvgIpc) is 1.65. The Morgan fingerprint density at radius 1 is 1.33 bits per heavy atom. The van der Waals surface area contributed by atoms with E-state index in [-0.39, 0.29) is 31.1 Å². The van der Waals surface area contributed by atoms with Crippen molar-refractivity contribution in [2.45, 2.75) is 20.8 Å². The van der Waals surface area contributed by atoms with Crippen molar-refractivity contribution in [3.05, 3.63) is 12.8 Å². The van der Waals surface area contributed by atoms with Crippen LogP contribution in [-0.2, 0) is 4.74 Å². The molecule has 0 spiro atoms. The van der Waals surface area contributed by atoms with E-state index in [9.17, 15) is 0 Å². The summed E-state index contributed by atoms with van der Waals surface area (Å²) >= 11 is 0. The van der Waals surface area contributed by atoms with Gasteiger partial charge in [0.2, 0.25) is 0 Å². The van der Waals surface area contributed by atoms with Gasteiger partial charge >= 0.3 is 31.1 Å². The fourth-order valence-corrected chi connectivity index (χ4v) is 0. The predicted molar refractivity (Wildman–Crippen MR) is 37.5 cm³/mol. The van der Waals surface area contributed by atoms with Crippen LogP contribution in [-0.4, -0.2) is 13.7 Å². The third kappa shape index (κ3) is 109. The van der Waals surface area contributed by atoms with Crippen molar-refractivity contribution in [2.75, 3.05) is 13.7 Å². The number of rotatable bonds is 1. The van der Waals surface area contributed by atoms with E-state index in [0.717, 1.165) is 0 Å². The molecule has 0 aliphatic heterocycles. The van der Waals surface area contributed by atoms with Gasteiger partial charge in [0.15, 0.2) is 0 Å². The van der Waals surface area contributed by atoms with Crippen LogP contribution in [0.15, 0.2) is 0 Å². The van der Waals surface area contributed by atoms with Gasteiger partial charge in [-0.2, -0.15) is 20.8 Å². The molecule has 0 atom stereocenters. The third-order valence-electron chi connectivity index (χ3n) is 0.204. The van der Waals surface area contributed by atoms with Crippen molar-refractivity contribution in [2.24, 2.45) is 0 Å². The first-order chi connectivity index (χ1) is 3.65. The smallest absolute Gasteiger partial charge is 0.417 e. The second-order valence-corrected chi connectivity index (χ2v) is 1.99. The fraction of sp³-hybridized carbons (Fsp3) is 0.714. The van der Waals surface area contributed by atoms with Crippen LogP contribution in [0.1, 0.15) is 20.8 Å². The van der Waals surface area contributed by atoms with Gasteiger partial charge in [-0.25, -0.2) is 0 Å². The zero-order valence-corrected chi connectivity index (χ0v) is 11.0. The van der Waals surface area contributed by atoms with Crippen LogP contribution in [0.4, 0.5) is 0 Å². The first-order valence-electron chi connectivity index (χ1n) is 2.70. The van der Waals surface area contributed by atoms with Gasteiger partial charge in [-0.05, 0) is 0 Å². The molecule has 2 heteroatoms. The summed E-state index contributed by atoms with van der Waals surface area (Å²) in [6.45, 7) is 10.2. The standard InChI is InChI=1S/C4H9.C3H7O.U/c1-4(2)3;1-3-4-2;/h1-3H3;1,3H2,2H3;/q2*-1;+2. The summed E-state index contributed by atoms with van der Waals surface area (Å²) in [5, 5.41) is 0. The largest absolute Gasteiger partial charge is 2.00 e. The molecule has 0 aromatic heterocycles. The summed E-state index contributed by atoms with van der Waals surface area (Å²) in [5.74, 6) is 1.42. The van der Waals surface area contributed by atoms with Crippen molar-refractivity contribution in [3.63, 3.8) is 0 Å². The molecule has 0 bridgehead atoms. The molecule has 0 fully saturated rings. The molecular weight excluding hydrogens is 338 g/mol. The van der Waals surface area contributed by atoms with Gasteiger partial charge in [0.05, 0.1) is 0 Å². The maximum atomic E-state index is 4.43. The molecule has 0 N–H and O–H groups in total. The van der Waals surface area contributed by atoms with Gasteiger partial charge < -0.3 is 17.6 Å². The summed E-state index contributed by atoms with van der Waals surface area (Å²) in [6, 6.07) is 0. The Morgan fingerprint density at radius 2 is 1.44 bits per heavy atom. The van der Waals surface area contributed by atoms with E-state index < -0.39 is 0 Å². The van der Waals surface area contributed by atoms with Gasteiger partial charge in [-0.1, -0.05) is 6.61 Å². The summed E-state index contributed by atoms with van der Waals surface area (Å²) in [4.78, 5) is 0. The van der Waals surface area contributed by atoms with Crippen LogP contribution in [0.2, 0.25) is 0 Å². The summed E-state index contributed by atoms with van der Waals surface area (Å²) in [6.07, 6.45) is 0. The Balaban J connectivity index is -0.0000000720. The second kappa shape index (κ2) is 16.0. The van der Waals surface area contributed by atoms with Crippen LogP contribution in [0, 0.1) is 44.0 Å². The fourth-order valence-electron chi connectivity index (χ4n) is 0. The normalized spacial score (nSPS) is 7.33. The Morgan fingerprint density at radius 3 is 1.44 bits per heavy atom. The Labute approximate surface area is 82.9 Å². The van der Waals surface area contributed by atoms with E-state index in [1.54, 1.807) is 7.11 Å². The maximum absolute atomic E-state index is 4.43.